The number of benzene rings is 1. The molecule has 0 unspecified atom stereocenters. The van der Waals surface area contributed by atoms with Crippen molar-refractivity contribution in [3.05, 3.63) is 65.9 Å². The number of aryl methyl sites for hydroxylation is 1. The molecule has 3 nitrogen and oxygen atoms in total. The summed E-state index contributed by atoms with van der Waals surface area (Å²) in [6.07, 6.45) is 1.96. The van der Waals surface area contributed by atoms with Gasteiger partial charge in [0.2, 0.25) is 0 Å². The third kappa shape index (κ3) is 1.88. The number of pyridine rings is 1. The molecule has 0 saturated heterocycles. The monoisotopic (exact) mass is 265 g/mol. The van der Waals surface area contributed by atoms with Crippen LogP contribution in [0.15, 0.2) is 54.7 Å². The summed E-state index contributed by atoms with van der Waals surface area (Å²) in [6.45, 7) is 2.06. The van der Waals surface area contributed by atoms with Crippen LogP contribution in [-0.2, 0) is 4.74 Å². The Hall–Kier alpha value is -2.55. The van der Waals surface area contributed by atoms with E-state index >= 15 is 0 Å². The van der Waals surface area contributed by atoms with Crippen molar-refractivity contribution in [1.82, 2.24) is 4.40 Å². The number of rotatable bonds is 2. The SMILES string of the molecule is COC(=O)c1cc(-c2ccccc2C)n2ccccc12. The average molecular weight is 265 g/mol. The fourth-order valence-electron chi connectivity index (χ4n) is 2.49. The second-order valence-electron chi connectivity index (χ2n) is 4.71. The van der Waals surface area contributed by atoms with Crippen LogP contribution >= 0.6 is 0 Å². The van der Waals surface area contributed by atoms with E-state index in [1.807, 2.05) is 47.0 Å². The van der Waals surface area contributed by atoms with Gasteiger partial charge >= 0.3 is 5.97 Å². The van der Waals surface area contributed by atoms with Crippen LogP contribution < -0.4 is 0 Å². The molecule has 0 aliphatic carbocycles. The Labute approximate surface area is 117 Å². The molecule has 3 heteroatoms. The van der Waals surface area contributed by atoms with E-state index in [-0.39, 0.29) is 5.97 Å². The molecule has 0 atom stereocenters. The number of methoxy groups -OCH3 is 1. The van der Waals surface area contributed by atoms with Gasteiger partial charge in [-0.1, -0.05) is 30.3 Å². The molecule has 2 aromatic heterocycles. The molecule has 0 N–H and O–H groups in total. The summed E-state index contributed by atoms with van der Waals surface area (Å²) >= 11 is 0. The Kier molecular flexibility index (Phi) is 3.03. The van der Waals surface area contributed by atoms with E-state index in [9.17, 15) is 4.79 Å². The topological polar surface area (TPSA) is 30.7 Å². The van der Waals surface area contributed by atoms with Gasteiger partial charge in [0, 0.05) is 11.8 Å². The molecule has 0 radical (unpaired) electrons. The van der Waals surface area contributed by atoms with Gasteiger partial charge in [0.25, 0.3) is 0 Å². The van der Waals surface area contributed by atoms with Crippen molar-refractivity contribution in [2.75, 3.05) is 7.11 Å². The summed E-state index contributed by atoms with van der Waals surface area (Å²) in [5.41, 5.74) is 4.74. The van der Waals surface area contributed by atoms with Crippen molar-refractivity contribution in [1.29, 1.82) is 0 Å². The fraction of sp³-hybridized carbons (Fsp3) is 0.118. The van der Waals surface area contributed by atoms with Crippen LogP contribution in [0.4, 0.5) is 0 Å². The summed E-state index contributed by atoms with van der Waals surface area (Å²) in [6, 6.07) is 15.8. The minimum Gasteiger partial charge on any atom is -0.465 e. The molecular weight excluding hydrogens is 250 g/mol. The van der Waals surface area contributed by atoms with Gasteiger partial charge in [-0.2, -0.15) is 0 Å². The number of aromatic nitrogens is 1. The van der Waals surface area contributed by atoms with Crippen LogP contribution in [0, 0.1) is 6.92 Å². The second-order valence-corrected chi connectivity index (χ2v) is 4.71. The number of carbonyl (C=O) groups is 1. The van der Waals surface area contributed by atoms with Crippen molar-refractivity contribution in [3.63, 3.8) is 0 Å². The first-order chi connectivity index (χ1) is 9.72. The first-order valence-corrected chi connectivity index (χ1v) is 6.47. The van der Waals surface area contributed by atoms with Crippen molar-refractivity contribution in [2.24, 2.45) is 0 Å². The molecule has 3 rings (SSSR count). The van der Waals surface area contributed by atoms with Gasteiger partial charge in [0.15, 0.2) is 0 Å². The Bertz CT molecular complexity index is 787. The fourth-order valence-corrected chi connectivity index (χ4v) is 2.49. The second kappa shape index (κ2) is 4.85. The van der Waals surface area contributed by atoms with Gasteiger partial charge in [-0.15, -0.1) is 0 Å². The van der Waals surface area contributed by atoms with Crippen molar-refractivity contribution in [3.8, 4) is 11.3 Å². The van der Waals surface area contributed by atoms with Crippen LogP contribution in [0.2, 0.25) is 0 Å². The van der Waals surface area contributed by atoms with E-state index < -0.39 is 0 Å². The lowest BCUT2D eigenvalue weighted by atomic mass is 10.1. The third-order valence-electron chi connectivity index (χ3n) is 3.50. The predicted octanol–water partition coefficient (Wildman–Crippen LogP) is 3.70. The maximum absolute atomic E-state index is 11.9. The lowest BCUT2D eigenvalue weighted by Crippen LogP contribution is -1.99. The van der Waals surface area contributed by atoms with Gasteiger partial charge in [-0.05, 0) is 30.7 Å². The highest BCUT2D eigenvalue weighted by Crippen LogP contribution is 2.28. The van der Waals surface area contributed by atoms with E-state index in [2.05, 4.69) is 19.1 Å². The van der Waals surface area contributed by atoms with E-state index in [4.69, 9.17) is 4.74 Å². The number of carbonyl (C=O) groups excluding carboxylic acids is 1. The predicted molar refractivity (Wildman–Crippen MR) is 78.9 cm³/mol. The van der Waals surface area contributed by atoms with Gasteiger partial charge in [-0.25, -0.2) is 4.79 Å². The summed E-state index contributed by atoms with van der Waals surface area (Å²) < 4.78 is 6.89. The third-order valence-corrected chi connectivity index (χ3v) is 3.50. The lowest BCUT2D eigenvalue weighted by Gasteiger charge is -2.05. The molecule has 0 fully saturated rings. The summed E-state index contributed by atoms with van der Waals surface area (Å²) in [7, 11) is 1.40. The summed E-state index contributed by atoms with van der Waals surface area (Å²) in [5.74, 6) is -0.312. The Morgan fingerprint density at radius 2 is 1.85 bits per heavy atom. The largest absolute Gasteiger partial charge is 0.465 e. The molecule has 0 saturated carbocycles. The van der Waals surface area contributed by atoms with Crippen LogP contribution in [0.25, 0.3) is 16.8 Å². The van der Waals surface area contributed by atoms with Gasteiger partial charge in [0.1, 0.15) is 0 Å². The molecule has 0 aliphatic heterocycles. The van der Waals surface area contributed by atoms with Crippen LogP contribution in [0.1, 0.15) is 15.9 Å². The highest BCUT2D eigenvalue weighted by Gasteiger charge is 2.17. The molecule has 0 aliphatic rings. The molecule has 100 valence electrons. The Balaban J connectivity index is 2.32. The molecule has 20 heavy (non-hydrogen) atoms. The molecule has 0 spiro atoms. The first-order valence-electron chi connectivity index (χ1n) is 6.47. The number of ether oxygens (including phenoxy) is 1. The zero-order valence-electron chi connectivity index (χ0n) is 11.5. The van der Waals surface area contributed by atoms with Gasteiger partial charge < -0.3 is 9.14 Å². The highest BCUT2D eigenvalue weighted by molar-refractivity contribution is 5.99. The normalized spacial score (nSPS) is 10.7. The van der Waals surface area contributed by atoms with Crippen LogP contribution in [-0.4, -0.2) is 17.5 Å². The molecule has 2 heterocycles. The van der Waals surface area contributed by atoms with Crippen molar-refractivity contribution < 1.29 is 9.53 Å². The van der Waals surface area contributed by atoms with E-state index in [0.29, 0.717) is 5.56 Å². The number of esters is 1. The van der Waals surface area contributed by atoms with Crippen molar-refractivity contribution >= 4 is 11.5 Å². The van der Waals surface area contributed by atoms with E-state index in [0.717, 1.165) is 16.8 Å². The average Bonchev–Trinajstić information content (AvgIpc) is 2.86. The minimum absolute atomic E-state index is 0.312. The quantitative estimate of drug-likeness (QED) is 0.661. The molecule has 3 aromatic rings. The summed E-state index contributed by atoms with van der Waals surface area (Å²) in [4.78, 5) is 11.9. The minimum atomic E-state index is -0.312. The molecule has 1 aromatic carbocycles. The number of hydrogen-bond donors (Lipinski definition) is 0. The molecule has 0 bridgehead atoms. The van der Waals surface area contributed by atoms with Crippen molar-refractivity contribution in [2.45, 2.75) is 6.92 Å². The zero-order chi connectivity index (χ0) is 14.1. The van der Waals surface area contributed by atoms with Crippen LogP contribution in [0.5, 0.6) is 0 Å². The first kappa shape index (κ1) is 12.5. The van der Waals surface area contributed by atoms with E-state index in [1.165, 1.54) is 12.7 Å². The molecular formula is C17H15NO2. The smallest absolute Gasteiger partial charge is 0.340 e. The maximum Gasteiger partial charge on any atom is 0.340 e. The Morgan fingerprint density at radius 1 is 1.10 bits per heavy atom. The van der Waals surface area contributed by atoms with Crippen LogP contribution in [0.3, 0.4) is 0 Å². The number of fused-ring (bicyclic) bond motifs is 1. The number of nitrogens with zero attached hydrogens (tertiary/aromatic N) is 1. The van der Waals surface area contributed by atoms with Gasteiger partial charge in [0.05, 0.1) is 23.9 Å². The highest BCUT2D eigenvalue weighted by atomic mass is 16.5. The number of hydrogen-bond acceptors (Lipinski definition) is 2. The lowest BCUT2D eigenvalue weighted by molar-refractivity contribution is 0.0603. The zero-order valence-corrected chi connectivity index (χ0v) is 11.5. The summed E-state index contributed by atoms with van der Waals surface area (Å²) in [5, 5.41) is 0. The Morgan fingerprint density at radius 3 is 2.60 bits per heavy atom. The molecule has 0 amide bonds. The maximum atomic E-state index is 11.9. The van der Waals surface area contributed by atoms with E-state index in [1.54, 1.807) is 0 Å². The standard InChI is InChI=1S/C17H15NO2/c1-12-7-3-4-8-13(12)16-11-14(17(19)20-2)15-9-5-6-10-18(15)16/h3-11H,1-2H3. The van der Waals surface area contributed by atoms with Gasteiger partial charge in [-0.3, -0.25) is 0 Å².